The summed E-state index contributed by atoms with van der Waals surface area (Å²) in [4.78, 5) is 11.7. The van der Waals surface area contributed by atoms with Crippen LogP contribution in [0, 0.1) is 10.1 Å². The van der Waals surface area contributed by atoms with E-state index in [9.17, 15) is 23.3 Å². The number of hydrogen-bond acceptors (Lipinski definition) is 3. The molecule has 0 atom stereocenters. The molecule has 0 unspecified atom stereocenters. The molecule has 114 valence electrons. The van der Waals surface area contributed by atoms with Gasteiger partial charge in [0.25, 0.3) is 0 Å². The van der Waals surface area contributed by atoms with Crippen LogP contribution in [0.15, 0.2) is 9.17 Å². The lowest BCUT2D eigenvalue weighted by Gasteiger charge is -2.09. The van der Waals surface area contributed by atoms with Crippen molar-refractivity contribution < 1.29 is 18.1 Å². The molecule has 0 spiro atoms. The van der Waals surface area contributed by atoms with E-state index in [0.717, 1.165) is 0 Å². The number of nitro groups is 1. The zero-order chi connectivity index (χ0) is 15.9. The minimum Gasteiger partial charge on any atom is -0.358 e. The number of rotatable bonds is 3. The number of aromatic amines is 1. The van der Waals surface area contributed by atoms with Gasteiger partial charge in [0.15, 0.2) is 5.56 Å². The van der Waals surface area contributed by atoms with Gasteiger partial charge < -0.3 is 10.1 Å². The smallest absolute Gasteiger partial charge is 0.358 e. The highest BCUT2D eigenvalue weighted by molar-refractivity contribution is 9.11. The lowest BCUT2D eigenvalue weighted by atomic mass is 10.0. The van der Waals surface area contributed by atoms with Gasteiger partial charge in [-0.1, -0.05) is 6.92 Å². The number of hydrogen-bond donors (Lipinski definition) is 1. The molecule has 1 N–H and O–H groups in total. The number of aryl methyl sites for hydroxylation is 1. The average molecular weight is 404 g/mol. The second-order valence-corrected chi connectivity index (χ2v) is 6.63. The van der Waals surface area contributed by atoms with Crippen molar-refractivity contribution in [1.29, 1.82) is 0 Å². The van der Waals surface area contributed by atoms with Crippen LogP contribution in [0.4, 0.5) is 19.0 Å². The normalized spacial score (nSPS) is 11.9. The molecule has 21 heavy (non-hydrogen) atoms. The second-order valence-electron chi connectivity index (χ2n) is 4.06. The monoisotopic (exact) mass is 402 g/mol. The Bertz CT molecular complexity index is 711. The van der Waals surface area contributed by atoms with Crippen molar-refractivity contribution in [2.45, 2.75) is 19.5 Å². The van der Waals surface area contributed by atoms with Crippen LogP contribution < -0.4 is 0 Å². The Morgan fingerprint density at radius 1 is 1.48 bits per heavy atom. The van der Waals surface area contributed by atoms with Crippen molar-refractivity contribution in [2.24, 2.45) is 0 Å². The number of halogens is 5. The zero-order valence-corrected chi connectivity index (χ0v) is 13.5. The van der Waals surface area contributed by atoms with Gasteiger partial charge in [-0.25, -0.2) is 4.98 Å². The summed E-state index contributed by atoms with van der Waals surface area (Å²) in [6.07, 6.45) is -4.42. The second kappa shape index (κ2) is 5.62. The minimum atomic E-state index is -4.90. The topological polar surface area (TPSA) is 58.9 Å². The number of thiophene rings is 1. The van der Waals surface area contributed by atoms with Crippen LogP contribution >= 0.6 is 38.9 Å². The molecule has 0 aliphatic rings. The Morgan fingerprint density at radius 2 is 2.10 bits per heavy atom. The maximum atomic E-state index is 13.2. The first-order chi connectivity index (χ1) is 9.68. The molecular formula is C11H7BrClF3N2O2S. The third-order valence-electron chi connectivity index (χ3n) is 2.85. The van der Waals surface area contributed by atoms with Gasteiger partial charge in [-0.2, -0.15) is 13.2 Å². The molecule has 2 heterocycles. The SMILES string of the molecule is CCc1csc(Br)c1-c1c(Cl)[nH]c([N+](=O)[O-])c1C(F)(F)F. The molecule has 2 aromatic heterocycles. The molecule has 0 radical (unpaired) electrons. The maximum absolute atomic E-state index is 13.2. The fourth-order valence-corrected chi connectivity index (χ4v) is 3.88. The van der Waals surface area contributed by atoms with E-state index < -0.39 is 27.6 Å². The van der Waals surface area contributed by atoms with Crippen molar-refractivity contribution in [3.63, 3.8) is 0 Å². The van der Waals surface area contributed by atoms with Gasteiger partial charge in [-0.3, -0.25) is 0 Å². The van der Waals surface area contributed by atoms with Gasteiger partial charge in [-0.15, -0.1) is 11.3 Å². The lowest BCUT2D eigenvalue weighted by Crippen LogP contribution is -2.09. The van der Waals surface area contributed by atoms with E-state index >= 15 is 0 Å². The molecule has 10 heteroatoms. The van der Waals surface area contributed by atoms with Gasteiger partial charge in [0, 0.05) is 5.56 Å². The molecule has 2 aromatic rings. The molecule has 0 aromatic carbocycles. The molecule has 0 aliphatic carbocycles. The zero-order valence-electron chi connectivity index (χ0n) is 10.3. The third kappa shape index (κ3) is 2.82. The van der Waals surface area contributed by atoms with Crippen LogP contribution in [0.5, 0.6) is 0 Å². The Morgan fingerprint density at radius 3 is 2.57 bits per heavy atom. The highest BCUT2D eigenvalue weighted by Crippen LogP contribution is 2.50. The number of nitrogens with one attached hydrogen (secondary N) is 1. The maximum Gasteiger partial charge on any atom is 0.425 e. The predicted octanol–water partition coefficient (Wildman–Crippen LogP) is 5.65. The summed E-state index contributed by atoms with van der Waals surface area (Å²) in [6, 6.07) is 0. The van der Waals surface area contributed by atoms with E-state index in [2.05, 4.69) is 15.9 Å². The van der Waals surface area contributed by atoms with Crippen molar-refractivity contribution in [1.82, 2.24) is 4.98 Å². The third-order valence-corrected chi connectivity index (χ3v) is 4.91. The van der Waals surface area contributed by atoms with E-state index in [0.29, 0.717) is 15.8 Å². The minimum absolute atomic E-state index is 0.240. The van der Waals surface area contributed by atoms with Crippen LogP contribution in [0.1, 0.15) is 18.1 Å². The summed E-state index contributed by atoms with van der Waals surface area (Å²) in [5.41, 5.74) is -0.871. The molecule has 0 amide bonds. The fourth-order valence-electron chi connectivity index (χ4n) is 1.99. The summed E-state index contributed by atoms with van der Waals surface area (Å²) in [7, 11) is 0. The van der Waals surface area contributed by atoms with Crippen molar-refractivity contribution in [3.05, 3.63) is 35.6 Å². The lowest BCUT2D eigenvalue weighted by molar-refractivity contribution is -0.392. The van der Waals surface area contributed by atoms with Crippen LogP contribution in [0.25, 0.3) is 11.1 Å². The Hall–Kier alpha value is -1.06. The highest BCUT2D eigenvalue weighted by Gasteiger charge is 2.45. The van der Waals surface area contributed by atoms with Crippen LogP contribution in [-0.2, 0) is 12.6 Å². The van der Waals surface area contributed by atoms with Gasteiger partial charge in [0.1, 0.15) is 0 Å². The molecule has 0 bridgehead atoms. The van der Waals surface area contributed by atoms with Gasteiger partial charge in [-0.05, 0) is 49.8 Å². The molecule has 4 nitrogen and oxygen atoms in total. The van der Waals surface area contributed by atoms with Crippen molar-refractivity contribution in [2.75, 3.05) is 0 Å². The number of nitrogens with zero attached hydrogens (tertiary/aromatic N) is 1. The summed E-state index contributed by atoms with van der Waals surface area (Å²) in [5, 5.41) is 12.1. The molecule has 0 aliphatic heterocycles. The van der Waals surface area contributed by atoms with Crippen LogP contribution in [0.2, 0.25) is 5.15 Å². The summed E-state index contributed by atoms with van der Waals surface area (Å²) < 4.78 is 40.2. The summed E-state index contributed by atoms with van der Waals surface area (Å²) in [5.74, 6) is -1.15. The molecule has 2 rings (SSSR count). The fraction of sp³-hybridized carbons (Fsp3) is 0.273. The first-order valence-corrected chi connectivity index (χ1v) is 7.62. The average Bonchev–Trinajstić information content (AvgIpc) is 2.88. The van der Waals surface area contributed by atoms with Crippen molar-refractivity contribution >= 4 is 44.7 Å². The number of aromatic nitrogens is 1. The predicted molar refractivity (Wildman–Crippen MR) is 77.9 cm³/mol. The van der Waals surface area contributed by atoms with E-state index in [-0.39, 0.29) is 11.1 Å². The highest BCUT2D eigenvalue weighted by atomic mass is 79.9. The van der Waals surface area contributed by atoms with E-state index in [1.807, 2.05) is 4.98 Å². The standard InChI is InChI=1S/C11H7BrClF3N2O2S/c1-2-4-3-21-8(12)5(4)6-7(11(14,15)16)10(18(19)20)17-9(6)13/h3,17H,2H2,1H3. The molecule has 0 saturated carbocycles. The quantitative estimate of drug-likeness (QED) is 0.532. The molecule has 0 fully saturated rings. The van der Waals surface area contributed by atoms with Gasteiger partial charge in [0.2, 0.25) is 5.15 Å². The molecule has 0 saturated heterocycles. The van der Waals surface area contributed by atoms with E-state index in [4.69, 9.17) is 11.6 Å². The van der Waals surface area contributed by atoms with E-state index in [1.54, 1.807) is 12.3 Å². The summed E-state index contributed by atoms with van der Waals surface area (Å²) in [6.45, 7) is 1.78. The number of alkyl halides is 3. The van der Waals surface area contributed by atoms with Crippen LogP contribution in [0.3, 0.4) is 0 Å². The van der Waals surface area contributed by atoms with Gasteiger partial charge in [0.05, 0.1) is 9.35 Å². The first kappa shape index (κ1) is 16.3. The number of H-pyrrole nitrogens is 1. The van der Waals surface area contributed by atoms with E-state index in [1.165, 1.54) is 11.3 Å². The van der Waals surface area contributed by atoms with Crippen molar-refractivity contribution in [3.8, 4) is 11.1 Å². The van der Waals surface area contributed by atoms with Crippen LogP contribution in [-0.4, -0.2) is 9.91 Å². The first-order valence-electron chi connectivity index (χ1n) is 5.57. The largest absolute Gasteiger partial charge is 0.425 e. The molecular weight excluding hydrogens is 397 g/mol. The Kier molecular flexibility index (Phi) is 4.36. The summed E-state index contributed by atoms with van der Waals surface area (Å²) >= 11 is 10.2. The van der Waals surface area contributed by atoms with Gasteiger partial charge >= 0.3 is 12.0 Å². The Balaban J connectivity index is 2.86. The Labute approximate surface area is 134 Å².